The van der Waals surface area contributed by atoms with Gasteiger partial charge in [-0.05, 0) is 56.2 Å². The second-order valence-electron chi connectivity index (χ2n) is 7.11. The third-order valence-corrected chi connectivity index (χ3v) is 5.18. The lowest BCUT2D eigenvalue weighted by Gasteiger charge is -2.31. The van der Waals surface area contributed by atoms with Crippen LogP contribution in [-0.4, -0.2) is 50.6 Å². The van der Waals surface area contributed by atoms with E-state index in [2.05, 4.69) is 5.32 Å². The molecule has 0 aliphatic carbocycles. The Labute approximate surface area is 176 Å². The number of ether oxygens (including phenoxy) is 3. The number of likely N-dealkylation sites (tertiary alicyclic amines) is 1. The first kappa shape index (κ1) is 21.5. The minimum absolute atomic E-state index is 0.0192. The largest absolute Gasteiger partial charge is 0.497 e. The molecular formula is C23H28N2O5. The van der Waals surface area contributed by atoms with Crippen LogP contribution in [0.2, 0.25) is 0 Å². The minimum Gasteiger partial charge on any atom is -0.497 e. The summed E-state index contributed by atoms with van der Waals surface area (Å²) in [7, 11) is 3.11. The molecule has 160 valence electrons. The van der Waals surface area contributed by atoms with Gasteiger partial charge in [-0.15, -0.1) is 0 Å². The number of hydrogen-bond acceptors (Lipinski definition) is 5. The van der Waals surface area contributed by atoms with Crippen LogP contribution in [0.5, 0.6) is 17.2 Å². The molecule has 1 heterocycles. The Morgan fingerprint density at radius 1 is 0.967 bits per heavy atom. The summed E-state index contributed by atoms with van der Waals surface area (Å²) in [5.74, 6) is 1.69. The normalized spacial score (nSPS) is 14.2. The second-order valence-corrected chi connectivity index (χ2v) is 7.11. The lowest BCUT2D eigenvalue weighted by Crippen LogP contribution is -2.41. The molecule has 0 spiro atoms. The van der Waals surface area contributed by atoms with Gasteiger partial charge in [-0.3, -0.25) is 9.59 Å². The highest BCUT2D eigenvalue weighted by atomic mass is 16.5. The third-order valence-electron chi connectivity index (χ3n) is 5.18. The number of amides is 2. The molecule has 0 bridgehead atoms. The fraction of sp³-hybridized carbons (Fsp3) is 0.391. The molecule has 0 saturated carbocycles. The number of hydrogen-bond donors (Lipinski definition) is 1. The molecule has 2 amide bonds. The van der Waals surface area contributed by atoms with Gasteiger partial charge in [-0.2, -0.15) is 0 Å². The van der Waals surface area contributed by atoms with E-state index in [1.165, 1.54) is 0 Å². The molecule has 30 heavy (non-hydrogen) atoms. The summed E-state index contributed by atoms with van der Waals surface area (Å²) in [5.41, 5.74) is 1.26. The van der Waals surface area contributed by atoms with Gasteiger partial charge in [0.1, 0.15) is 17.2 Å². The average molecular weight is 412 g/mol. The number of rotatable bonds is 7. The molecule has 7 nitrogen and oxygen atoms in total. The van der Waals surface area contributed by atoms with E-state index in [0.29, 0.717) is 49.6 Å². The fourth-order valence-corrected chi connectivity index (χ4v) is 3.50. The lowest BCUT2D eigenvalue weighted by molar-refractivity contribution is -0.121. The van der Waals surface area contributed by atoms with E-state index >= 15 is 0 Å². The zero-order chi connectivity index (χ0) is 21.5. The van der Waals surface area contributed by atoms with Crippen molar-refractivity contribution in [2.24, 2.45) is 5.92 Å². The number of carbonyl (C=O) groups excluding carboxylic acids is 2. The molecule has 2 aromatic carbocycles. The Morgan fingerprint density at radius 2 is 1.57 bits per heavy atom. The highest BCUT2D eigenvalue weighted by Crippen LogP contribution is 2.26. The minimum atomic E-state index is -0.125. The molecule has 1 saturated heterocycles. The Kier molecular flexibility index (Phi) is 7.17. The van der Waals surface area contributed by atoms with E-state index in [4.69, 9.17) is 14.2 Å². The quantitative estimate of drug-likeness (QED) is 0.752. The summed E-state index contributed by atoms with van der Waals surface area (Å²) in [6.45, 7) is 3.59. The second kappa shape index (κ2) is 10.0. The molecule has 0 aromatic heterocycles. The van der Waals surface area contributed by atoms with Gasteiger partial charge in [-0.1, -0.05) is 0 Å². The Balaban J connectivity index is 1.56. The molecule has 0 atom stereocenters. The summed E-state index contributed by atoms with van der Waals surface area (Å²) in [6.07, 6.45) is 1.24. The monoisotopic (exact) mass is 412 g/mol. The third kappa shape index (κ3) is 5.23. The van der Waals surface area contributed by atoms with E-state index in [1.807, 2.05) is 31.2 Å². The van der Waals surface area contributed by atoms with Crippen molar-refractivity contribution >= 4 is 17.5 Å². The predicted molar refractivity (Wildman–Crippen MR) is 114 cm³/mol. The number of piperidine rings is 1. The molecule has 1 aliphatic rings. The zero-order valence-corrected chi connectivity index (χ0v) is 17.6. The molecule has 1 fully saturated rings. The molecule has 3 rings (SSSR count). The van der Waals surface area contributed by atoms with E-state index < -0.39 is 0 Å². The Hall–Kier alpha value is -3.22. The van der Waals surface area contributed by atoms with E-state index in [-0.39, 0.29) is 17.7 Å². The number of nitrogens with zero attached hydrogens (tertiary/aromatic N) is 1. The van der Waals surface area contributed by atoms with E-state index in [9.17, 15) is 9.59 Å². The van der Waals surface area contributed by atoms with Crippen LogP contribution >= 0.6 is 0 Å². The lowest BCUT2D eigenvalue weighted by atomic mass is 9.95. The van der Waals surface area contributed by atoms with Crippen LogP contribution in [0.3, 0.4) is 0 Å². The van der Waals surface area contributed by atoms with Gasteiger partial charge in [0.25, 0.3) is 5.91 Å². The van der Waals surface area contributed by atoms with Crippen molar-refractivity contribution in [1.29, 1.82) is 0 Å². The summed E-state index contributed by atoms with van der Waals surface area (Å²) in [4.78, 5) is 27.3. The first-order valence-electron chi connectivity index (χ1n) is 10.1. The van der Waals surface area contributed by atoms with E-state index in [0.717, 1.165) is 11.4 Å². The van der Waals surface area contributed by atoms with Gasteiger partial charge in [0.15, 0.2) is 0 Å². The van der Waals surface area contributed by atoms with Crippen molar-refractivity contribution in [3.8, 4) is 17.2 Å². The van der Waals surface area contributed by atoms with Gasteiger partial charge in [0.2, 0.25) is 5.91 Å². The van der Waals surface area contributed by atoms with Crippen LogP contribution in [0.15, 0.2) is 42.5 Å². The molecule has 0 unspecified atom stereocenters. The maximum atomic E-state index is 12.9. The Bertz CT molecular complexity index is 851. The van der Waals surface area contributed by atoms with Crippen LogP contribution in [0.4, 0.5) is 5.69 Å². The highest BCUT2D eigenvalue weighted by molar-refractivity contribution is 5.96. The van der Waals surface area contributed by atoms with Crippen LogP contribution in [0, 0.1) is 5.92 Å². The fourth-order valence-electron chi connectivity index (χ4n) is 3.50. The first-order valence-corrected chi connectivity index (χ1v) is 10.1. The maximum absolute atomic E-state index is 12.9. The predicted octanol–water partition coefficient (Wildman–Crippen LogP) is 3.59. The summed E-state index contributed by atoms with van der Waals surface area (Å²) < 4.78 is 15.9. The van der Waals surface area contributed by atoms with Crippen LogP contribution < -0.4 is 19.5 Å². The highest BCUT2D eigenvalue weighted by Gasteiger charge is 2.28. The molecular weight excluding hydrogens is 384 g/mol. The topological polar surface area (TPSA) is 77.1 Å². The van der Waals surface area contributed by atoms with E-state index in [1.54, 1.807) is 37.3 Å². The van der Waals surface area contributed by atoms with Gasteiger partial charge in [0.05, 0.1) is 20.8 Å². The number of anilines is 1. The number of nitrogens with one attached hydrogen (secondary N) is 1. The molecule has 1 aliphatic heterocycles. The summed E-state index contributed by atoms with van der Waals surface area (Å²) in [6, 6.07) is 12.5. The Morgan fingerprint density at radius 3 is 2.10 bits per heavy atom. The standard InChI is InChI=1S/C23H28N2O5/c1-4-30-19-7-5-18(6-8-19)24-22(26)16-9-11-25(12-10-16)23(27)17-13-20(28-2)15-21(14-17)29-3/h5-8,13-16H,4,9-12H2,1-3H3,(H,24,26). The molecule has 2 aromatic rings. The smallest absolute Gasteiger partial charge is 0.254 e. The van der Waals surface area contributed by atoms with Gasteiger partial charge in [-0.25, -0.2) is 0 Å². The van der Waals surface area contributed by atoms with Crippen molar-refractivity contribution in [3.05, 3.63) is 48.0 Å². The summed E-state index contributed by atoms with van der Waals surface area (Å²) in [5, 5.41) is 2.96. The zero-order valence-electron chi connectivity index (χ0n) is 17.6. The van der Waals surface area contributed by atoms with Crippen molar-refractivity contribution in [3.63, 3.8) is 0 Å². The first-order chi connectivity index (χ1) is 14.5. The van der Waals surface area contributed by atoms with Gasteiger partial charge in [0, 0.05) is 36.3 Å². The van der Waals surface area contributed by atoms with Crippen molar-refractivity contribution < 1.29 is 23.8 Å². The van der Waals surface area contributed by atoms with Crippen molar-refractivity contribution in [2.45, 2.75) is 19.8 Å². The molecule has 0 radical (unpaired) electrons. The summed E-state index contributed by atoms with van der Waals surface area (Å²) >= 11 is 0. The van der Waals surface area contributed by atoms with Crippen molar-refractivity contribution in [1.82, 2.24) is 4.90 Å². The van der Waals surface area contributed by atoms with Crippen LogP contribution in [0.25, 0.3) is 0 Å². The van der Waals surface area contributed by atoms with Gasteiger partial charge >= 0.3 is 0 Å². The van der Waals surface area contributed by atoms with Crippen LogP contribution in [0.1, 0.15) is 30.1 Å². The van der Waals surface area contributed by atoms with Crippen molar-refractivity contribution in [2.75, 3.05) is 39.2 Å². The SMILES string of the molecule is CCOc1ccc(NC(=O)C2CCN(C(=O)c3cc(OC)cc(OC)c3)CC2)cc1. The molecule has 7 heteroatoms. The number of benzene rings is 2. The maximum Gasteiger partial charge on any atom is 0.254 e. The van der Waals surface area contributed by atoms with Gasteiger partial charge < -0.3 is 24.4 Å². The average Bonchev–Trinajstić information content (AvgIpc) is 2.79. The molecule has 1 N–H and O–H groups in total. The number of methoxy groups -OCH3 is 2. The number of carbonyl (C=O) groups is 2. The van der Waals surface area contributed by atoms with Crippen LogP contribution in [-0.2, 0) is 4.79 Å².